The fourth-order valence-corrected chi connectivity index (χ4v) is 3.78. The first kappa shape index (κ1) is 17.0. The fourth-order valence-electron chi connectivity index (χ4n) is 3.78. The van der Waals surface area contributed by atoms with Crippen molar-refractivity contribution in [3.63, 3.8) is 0 Å². The SMILES string of the molecule is CCCCC(CC)CC1CCCCCC1CNCC. The maximum absolute atomic E-state index is 3.61. The van der Waals surface area contributed by atoms with Crippen LogP contribution in [0.5, 0.6) is 0 Å². The largest absolute Gasteiger partial charge is 0.317 e. The summed E-state index contributed by atoms with van der Waals surface area (Å²) in [5, 5.41) is 3.61. The Morgan fingerprint density at radius 2 is 1.74 bits per heavy atom. The smallest absolute Gasteiger partial charge is 0.00180 e. The lowest BCUT2D eigenvalue weighted by Gasteiger charge is -2.29. The predicted octanol–water partition coefficient (Wildman–Crippen LogP) is 5.40. The normalized spacial score (nSPS) is 26.1. The van der Waals surface area contributed by atoms with Gasteiger partial charge in [0.1, 0.15) is 0 Å². The van der Waals surface area contributed by atoms with E-state index >= 15 is 0 Å². The van der Waals surface area contributed by atoms with E-state index in [4.69, 9.17) is 0 Å². The van der Waals surface area contributed by atoms with Crippen molar-refractivity contribution in [1.82, 2.24) is 5.32 Å². The summed E-state index contributed by atoms with van der Waals surface area (Å²) in [7, 11) is 0. The van der Waals surface area contributed by atoms with Crippen molar-refractivity contribution in [3.05, 3.63) is 0 Å². The topological polar surface area (TPSA) is 12.0 Å². The first-order valence-electron chi connectivity index (χ1n) is 9.02. The van der Waals surface area contributed by atoms with Crippen molar-refractivity contribution >= 4 is 0 Å². The highest BCUT2D eigenvalue weighted by Crippen LogP contribution is 2.35. The van der Waals surface area contributed by atoms with E-state index in [0.29, 0.717) is 0 Å². The zero-order chi connectivity index (χ0) is 13.9. The van der Waals surface area contributed by atoms with Gasteiger partial charge in [0.15, 0.2) is 0 Å². The Morgan fingerprint density at radius 1 is 1.00 bits per heavy atom. The highest BCUT2D eigenvalue weighted by molar-refractivity contribution is 4.78. The molecule has 1 fully saturated rings. The van der Waals surface area contributed by atoms with Crippen LogP contribution in [-0.2, 0) is 0 Å². The van der Waals surface area contributed by atoms with E-state index in [1.54, 1.807) is 0 Å². The van der Waals surface area contributed by atoms with Crippen LogP contribution in [0.15, 0.2) is 0 Å². The second-order valence-electron chi connectivity index (χ2n) is 6.62. The highest BCUT2D eigenvalue weighted by Gasteiger charge is 2.25. The van der Waals surface area contributed by atoms with E-state index in [9.17, 15) is 0 Å². The molecule has 1 nitrogen and oxygen atoms in total. The highest BCUT2D eigenvalue weighted by atomic mass is 14.8. The average Bonchev–Trinajstić information content (AvgIpc) is 2.66. The summed E-state index contributed by atoms with van der Waals surface area (Å²) < 4.78 is 0. The van der Waals surface area contributed by atoms with E-state index in [1.165, 1.54) is 70.8 Å². The molecule has 19 heavy (non-hydrogen) atoms. The molecule has 0 aromatic carbocycles. The Hall–Kier alpha value is -0.0400. The lowest BCUT2D eigenvalue weighted by Crippen LogP contribution is -2.28. The molecule has 1 rings (SSSR count). The summed E-state index contributed by atoms with van der Waals surface area (Å²) in [6, 6.07) is 0. The Morgan fingerprint density at radius 3 is 2.37 bits per heavy atom. The van der Waals surface area contributed by atoms with Gasteiger partial charge in [0.25, 0.3) is 0 Å². The van der Waals surface area contributed by atoms with Crippen LogP contribution in [0.25, 0.3) is 0 Å². The fraction of sp³-hybridized carbons (Fsp3) is 1.00. The van der Waals surface area contributed by atoms with Crippen LogP contribution in [0.4, 0.5) is 0 Å². The van der Waals surface area contributed by atoms with Crippen molar-refractivity contribution in [1.29, 1.82) is 0 Å². The molecule has 1 heteroatoms. The molecule has 3 unspecified atom stereocenters. The van der Waals surface area contributed by atoms with Gasteiger partial charge in [-0.05, 0) is 43.7 Å². The molecule has 114 valence electrons. The zero-order valence-electron chi connectivity index (χ0n) is 13.7. The Kier molecular flexibility index (Phi) is 9.59. The quantitative estimate of drug-likeness (QED) is 0.552. The molecule has 0 aliphatic heterocycles. The Bertz CT molecular complexity index is 202. The average molecular weight is 268 g/mol. The van der Waals surface area contributed by atoms with Gasteiger partial charge in [0.2, 0.25) is 0 Å². The lowest BCUT2D eigenvalue weighted by atomic mass is 9.79. The van der Waals surface area contributed by atoms with Crippen LogP contribution in [0.1, 0.15) is 85.0 Å². The first-order valence-corrected chi connectivity index (χ1v) is 9.02. The van der Waals surface area contributed by atoms with Crippen LogP contribution in [0.3, 0.4) is 0 Å². The van der Waals surface area contributed by atoms with Crippen LogP contribution in [0, 0.1) is 17.8 Å². The molecular weight excluding hydrogens is 230 g/mol. The van der Waals surface area contributed by atoms with Crippen molar-refractivity contribution in [2.24, 2.45) is 17.8 Å². The van der Waals surface area contributed by atoms with E-state index in [1.807, 2.05) is 0 Å². The second-order valence-corrected chi connectivity index (χ2v) is 6.62. The van der Waals surface area contributed by atoms with Gasteiger partial charge in [-0.1, -0.05) is 72.1 Å². The molecular formula is C18H37N. The van der Waals surface area contributed by atoms with Gasteiger partial charge in [-0.15, -0.1) is 0 Å². The Balaban J connectivity index is 2.47. The van der Waals surface area contributed by atoms with Crippen LogP contribution < -0.4 is 5.32 Å². The number of unbranched alkanes of at least 4 members (excludes halogenated alkanes) is 1. The predicted molar refractivity (Wildman–Crippen MR) is 86.5 cm³/mol. The van der Waals surface area contributed by atoms with Gasteiger partial charge < -0.3 is 5.32 Å². The summed E-state index contributed by atoms with van der Waals surface area (Å²) in [5.74, 6) is 2.95. The molecule has 0 radical (unpaired) electrons. The first-order chi connectivity index (χ1) is 9.31. The van der Waals surface area contributed by atoms with E-state index in [2.05, 4.69) is 26.1 Å². The molecule has 1 N–H and O–H groups in total. The minimum atomic E-state index is 0.957. The number of nitrogens with one attached hydrogen (secondary N) is 1. The van der Waals surface area contributed by atoms with Crippen LogP contribution in [0.2, 0.25) is 0 Å². The summed E-state index contributed by atoms with van der Waals surface area (Å²) in [4.78, 5) is 0. The van der Waals surface area contributed by atoms with Crippen LogP contribution in [-0.4, -0.2) is 13.1 Å². The molecule has 0 bridgehead atoms. The summed E-state index contributed by atoms with van der Waals surface area (Å²) in [5.41, 5.74) is 0. The maximum Gasteiger partial charge on any atom is -0.00180 e. The van der Waals surface area contributed by atoms with E-state index < -0.39 is 0 Å². The molecule has 1 aliphatic rings. The molecule has 0 saturated heterocycles. The third-order valence-corrected chi connectivity index (χ3v) is 5.15. The minimum absolute atomic E-state index is 0.957. The molecule has 3 atom stereocenters. The van der Waals surface area contributed by atoms with Gasteiger partial charge in [-0.25, -0.2) is 0 Å². The molecule has 1 saturated carbocycles. The standard InChI is InChI=1S/C18H37N/c1-4-7-11-16(5-2)14-17-12-9-8-10-13-18(17)15-19-6-3/h16-19H,4-15H2,1-3H3. The summed E-state index contributed by atoms with van der Waals surface area (Å²) >= 11 is 0. The molecule has 1 aliphatic carbocycles. The summed E-state index contributed by atoms with van der Waals surface area (Å²) in [6.07, 6.45) is 14.6. The van der Waals surface area contributed by atoms with Gasteiger partial charge in [-0.2, -0.15) is 0 Å². The van der Waals surface area contributed by atoms with Crippen molar-refractivity contribution < 1.29 is 0 Å². The van der Waals surface area contributed by atoms with Gasteiger partial charge in [0.05, 0.1) is 0 Å². The van der Waals surface area contributed by atoms with Crippen LogP contribution >= 0.6 is 0 Å². The third kappa shape index (κ3) is 6.79. The van der Waals surface area contributed by atoms with Crippen molar-refractivity contribution in [3.8, 4) is 0 Å². The lowest BCUT2D eigenvalue weighted by molar-refractivity contribution is 0.234. The van der Waals surface area contributed by atoms with Gasteiger partial charge >= 0.3 is 0 Å². The molecule has 0 amide bonds. The van der Waals surface area contributed by atoms with Gasteiger partial charge in [-0.3, -0.25) is 0 Å². The van der Waals surface area contributed by atoms with Crippen molar-refractivity contribution in [2.45, 2.75) is 85.0 Å². The minimum Gasteiger partial charge on any atom is -0.317 e. The zero-order valence-corrected chi connectivity index (χ0v) is 13.7. The number of hydrogen-bond acceptors (Lipinski definition) is 1. The summed E-state index contributed by atoms with van der Waals surface area (Å²) in [6.45, 7) is 9.37. The van der Waals surface area contributed by atoms with Gasteiger partial charge in [0, 0.05) is 0 Å². The molecule has 0 aromatic heterocycles. The van der Waals surface area contributed by atoms with E-state index in [0.717, 1.165) is 24.3 Å². The monoisotopic (exact) mass is 267 g/mol. The molecule has 0 aromatic rings. The second kappa shape index (κ2) is 10.7. The molecule has 0 spiro atoms. The van der Waals surface area contributed by atoms with E-state index in [-0.39, 0.29) is 0 Å². The molecule has 0 heterocycles. The third-order valence-electron chi connectivity index (χ3n) is 5.15. The number of hydrogen-bond donors (Lipinski definition) is 1. The van der Waals surface area contributed by atoms with Crippen molar-refractivity contribution in [2.75, 3.05) is 13.1 Å². The maximum atomic E-state index is 3.61. The Labute approximate surface area is 121 Å². The number of rotatable bonds is 9.